The van der Waals surface area contributed by atoms with Gasteiger partial charge >= 0.3 is 0 Å². The molecule has 0 spiro atoms. The molecule has 0 fully saturated rings. The van der Waals surface area contributed by atoms with Gasteiger partial charge in [-0.05, 0) is 31.5 Å². The number of aryl methyl sites for hydroxylation is 3. The third kappa shape index (κ3) is 3.02. The van der Waals surface area contributed by atoms with Gasteiger partial charge in [0, 0.05) is 7.05 Å². The third-order valence-corrected chi connectivity index (χ3v) is 4.74. The average molecular weight is 346 g/mol. The van der Waals surface area contributed by atoms with Gasteiger partial charge < -0.3 is 8.98 Å². The lowest BCUT2D eigenvalue weighted by Crippen LogP contribution is -2.25. The minimum Gasteiger partial charge on any atom is -0.444 e. The highest BCUT2D eigenvalue weighted by Crippen LogP contribution is 2.25. The number of nitrogens with one attached hydrogen (secondary N) is 1. The Morgan fingerprint density at radius 2 is 1.73 bits per heavy atom. The van der Waals surface area contributed by atoms with Crippen molar-refractivity contribution in [3.8, 4) is 0 Å². The van der Waals surface area contributed by atoms with Gasteiger partial charge in [-0.2, -0.15) is 0 Å². The van der Waals surface area contributed by atoms with Crippen LogP contribution in [-0.2, 0) is 13.6 Å². The van der Waals surface area contributed by atoms with E-state index in [4.69, 9.17) is 9.40 Å². The first-order valence-electron chi connectivity index (χ1n) is 8.76. The van der Waals surface area contributed by atoms with E-state index < -0.39 is 0 Å². The van der Waals surface area contributed by atoms with Crippen LogP contribution in [0, 0.1) is 13.8 Å². The van der Waals surface area contributed by atoms with Crippen molar-refractivity contribution in [2.75, 3.05) is 0 Å². The van der Waals surface area contributed by atoms with E-state index in [1.807, 2.05) is 50.2 Å². The van der Waals surface area contributed by atoms with E-state index in [1.165, 1.54) is 0 Å². The fourth-order valence-electron chi connectivity index (χ4n) is 3.23. The Morgan fingerprint density at radius 3 is 2.42 bits per heavy atom. The van der Waals surface area contributed by atoms with Crippen LogP contribution in [0.3, 0.4) is 0 Å². The van der Waals surface area contributed by atoms with Gasteiger partial charge in [-0.25, -0.2) is 9.97 Å². The number of aromatic nitrogens is 3. The van der Waals surface area contributed by atoms with Gasteiger partial charge in [0.15, 0.2) is 0 Å². The molecule has 2 heterocycles. The summed E-state index contributed by atoms with van der Waals surface area (Å²) in [5.74, 6) is 2.53. The Hall–Kier alpha value is -2.92. The predicted octanol–water partition coefficient (Wildman–Crippen LogP) is 4.06. The first kappa shape index (κ1) is 16.5. The summed E-state index contributed by atoms with van der Waals surface area (Å²) in [5, 5.41) is 3.57. The molecule has 0 aliphatic heterocycles. The summed E-state index contributed by atoms with van der Waals surface area (Å²) >= 11 is 0. The second kappa shape index (κ2) is 6.77. The maximum absolute atomic E-state index is 5.72. The molecule has 26 heavy (non-hydrogen) atoms. The molecule has 132 valence electrons. The standard InChI is InChI=1S/C21H22N4O/c1-14-15(2)26-19(23-14)13-22-20(16-9-5-4-6-10-16)21-24-17-11-7-8-12-18(17)25(21)3/h4-12,20,22H,13H2,1-3H3/t20-/m1/s1. The predicted molar refractivity (Wildman–Crippen MR) is 102 cm³/mol. The summed E-state index contributed by atoms with van der Waals surface area (Å²) in [4.78, 5) is 9.35. The number of fused-ring (bicyclic) bond motifs is 1. The zero-order valence-electron chi connectivity index (χ0n) is 15.2. The summed E-state index contributed by atoms with van der Waals surface area (Å²) < 4.78 is 7.87. The molecule has 0 saturated heterocycles. The Balaban J connectivity index is 1.71. The fraction of sp³-hybridized carbons (Fsp3) is 0.238. The van der Waals surface area contributed by atoms with Crippen molar-refractivity contribution in [3.63, 3.8) is 0 Å². The van der Waals surface area contributed by atoms with Crippen LogP contribution >= 0.6 is 0 Å². The maximum atomic E-state index is 5.72. The Morgan fingerprint density at radius 1 is 1.00 bits per heavy atom. The Labute approximate surface area is 152 Å². The summed E-state index contributed by atoms with van der Waals surface area (Å²) in [6, 6.07) is 18.5. The molecule has 0 amide bonds. The lowest BCUT2D eigenvalue weighted by molar-refractivity contribution is 0.432. The normalized spacial score (nSPS) is 12.6. The fourth-order valence-corrected chi connectivity index (χ4v) is 3.23. The van der Waals surface area contributed by atoms with Gasteiger partial charge in [0.05, 0.1) is 29.3 Å². The van der Waals surface area contributed by atoms with Gasteiger partial charge in [-0.1, -0.05) is 42.5 Å². The molecular formula is C21H22N4O. The van der Waals surface area contributed by atoms with E-state index in [-0.39, 0.29) is 6.04 Å². The van der Waals surface area contributed by atoms with E-state index in [1.54, 1.807) is 0 Å². The molecule has 5 heteroatoms. The number of rotatable bonds is 5. The van der Waals surface area contributed by atoms with Gasteiger partial charge in [0.1, 0.15) is 11.6 Å². The van der Waals surface area contributed by atoms with Crippen LogP contribution in [0.1, 0.15) is 34.8 Å². The van der Waals surface area contributed by atoms with Crippen molar-refractivity contribution in [1.82, 2.24) is 19.9 Å². The Kier molecular flexibility index (Phi) is 4.31. The number of para-hydroxylation sites is 2. The number of imidazole rings is 1. The van der Waals surface area contributed by atoms with Crippen molar-refractivity contribution in [3.05, 3.63) is 83.3 Å². The number of benzene rings is 2. The molecule has 1 N–H and O–H groups in total. The van der Waals surface area contributed by atoms with Crippen LogP contribution < -0.4 is 5.32 Å². The lowest BCUT2D eigenvalue weighted by Gasteiger charge is -2.18. The highest BCUT2D eigenvalue weighted by molar-refractivity contribution is 5.76. The van der Waals surface area contributed by atoms with Crippen LogP contribution in [0.25, 0.3) is 11.0 Å². The molecule has 5 nitrogen and oxygen atoms in total. The van der Waals surface area contributed by atoms with Crippen molar-refractivity contribution in [2.24, 2.45) is 7.05 Å². The molecule has 0 radical (unpaired) electrons. The molecule has 0 bridgehead atoms. The molecule has 0 aliphatic carbocycles. The van der Waals surface area contributed by atoms with E-state index >= 15 is 0 Å². The minimum atomic E-state index is -0.0545. The second-order valence-electron chi connectivity index (χ2n) is 6.49. The van der Waals surface area contributed by atoms with Crippen LogP contribution in [0.4, 0.5) is 0 Å². The van der Waals surface area contributed by atoms with Crippen molar-refractivity contribution in [2.45, 2.75) is 26.4 Å². The Bertz CT molecular complexity index is 1010. The molecular weight excluding hydrogens is 324 g/mol. The van der Waals surface area contributed by atoms with Crippen molar-refractivity contribution in [1.29, 1.82) is 0 Å². The quantitative estimate of drug-likeness (QED) is 0.592. The number of nitrogens with zero attached hydrogens (tertiary/aromatic N) is 3. The van der Waals surface area contributed by atoms with Gasteiger partial charge in [-0.15, -0.1) is 0 Å². The van der Waals surface area contributed by atoms with E-state index in [2.05, 4.69) is 40.1 Å². The van der Waals surface area contributed by atoms with Crippen LogP contribution in [-0.4, -0.2) is 14.5 Å². The third-order valence-electron chi connectivity index (χ3n) is 4.74. The molecule has 0 saturated carbocycles. The van der Waals surface area contributed by atoms with E-state index in [0.717, 1.165) is 33.9 Å². The lowest BCUT2D eigenvalue weighted by atomic mass is 10.1. The summed E-state index contributed by atoms with van der Waals surface area (Å²) in [5.41, 5.74) is 4.20. The van der Waals surface area contributed by atoms with Crippen LogP contribution in [0.15, 0.2) is 59.0 Å². The summed E-state index contributed by atoms with van der Waals surface area (Å²) in [7, 11) is 2.06. The summed E-state index contributed by atoms with van der Waals surface area (Å²) in [6.45, 7) is 4.44. The topological polar surface area (TPSA) is 55.9 Å². The molecule has 0 aliphatic rings. The van der Waals surface area contributed by atoms with Crippen LogP contribution in [0.5, 0.6) is 0 Å². The highest BCUT2D eigenvalue weighted by Gasteiger charge is 2.21. The summed E-state index contributed by atoms with van der Waals surface area (Å²) in [6.07, 6.45) is 0. The SMILES string of the molecule is Cc1nc(CN[C@H](c2ccccc2)c2nc3ccccc3n2C)oc1C. The molecule has 4 rings (SSSR count). The zero-order valence-corrected chi connectivity index (χ0v) is 15.2. The highest BCUT2D eigenvalue weighted by atomic mass is 16.4. The monoisotopic (exact) mass is 346 g/mol. The van der Waals surface area contributed by atoms with Crippen molar-refractivity contribution >= 4 is 11.0 Å². The van der Waals surface area contributed by atoms with Gasteiger partial charge in [0.25, 0.3) is 0 Å². The largest absolute Gasteiger partial charge is 0.444 e. The molecule has 4 aromatic rings. The molecule has 2 aromatic heterocycles. The maximum Gasteiger partial charge on any atom is 0.208 e. The molecule has 1 atom stereocenters. The van der Waals surface area contributed by atoms with Crippen LogP contribution in [0.2, 0.25) is 0 Å². The van der Waals surface area contributed by atoms with E-state index in [0.29, 0.717) is 12.4 Å². The number of oxazole rings is 1. The van der Waals surface area contributed by atoms with E-state index in [9.17, 15) is 0 Å². The number of hydrogen-bond acceptors (Lipinski definition) is 4. The van der Waals surface area contributed by atoms with Gasteiger partial charge in [0.2, 0.25) is 5.89 Å². The van der Waals surface area contributed by atoms with Crippen molar-refractivity contribution < 1.29 is 4.42 Å². The average Bonchev–Trinajstić information content (AvgIpc) is 3.16. The second-order valence-corrected chi connectivity index (χ2v) is 6.49. The smallest absolute Gasteiger partial charge is 0.208 e. The van der Waals surface area contributed by atoms with Gasteiger partial charge in [-0.3, -0.25) is 5.32 Å². The number of hydrogen-bond donors (Lipinski definition) is 1. The minimum absolute atomic E-state index is 0.0545. The first-order chi connectivity index (χ1) is 12.6. The molecule has 0 unspecified atom stereocenters. The first-order valence-corrected chi connectivity index (χ1v) is 8.76. The zero-order chi connectivity index (χ0) is 18.1. The molecule has 2 aromatic carbocycles.